The van der Waals surface area contributed by atoms with Gasteiger partial charge in [0.25, 0.3) is 5.69 Å². The molecule has 5 rings (SSSR count). The van der Waals surface area contributed by atoms with E-state index in [1.807, 2.05) is 0 Å². The maximum absolute atomic E-state index is 13.4. The third-order valence-electron chi connectivity index (χ3n) is 10.3. The lowest BCUT2D eigenvalue weighted by molar-refractivity contribution is -0.385. The van der Waals surface area contributed by atoms with Crippen molar-refractivity contribution in [2.24, 2.45) is 34.5 Å². The Bertz CT molecular complexity index is 1140. The molecule has 0 aliphatic heterocycles. The van der Waals surface area contributed by atoms with Crippen molar-refractivity contribution >= 4 is 23.5 Å². The lowest BCUT2D eigenvalue weighted by Crippen LogP contribution is -2.51. The number of carbonyl (C=O) groups excluding carboxylic acids is 2. The van der Waals surface area contributed by atoms with Gasteiger partial charge in [0.1, 0.15) is 6.10 Å². The van der Waals surface area contributed by atoms with Gasteiger partial charge in [-0.05, 0) is 91.7 Å². The van der Waals surface area contributed by atoms with Crippen LogP contribution in [0.2, 0.25) is 0 Å². The minimum atomic E-state index is -0.399. The molecule has 6 heteroatoms. The van der Waals surface area contributed by atoms with E-state index in [4.69, 9.17) is 4.74 Å². The zero-order valence-corrected chi connectivity index (χ0v) is 21.6. The summed E-state index contributed by atoms with van der Waals surface area (Å²) >= 11 is 0. The number of hydrogen-bond acceptors (Lipinski definition) is 5. The number of ketones is 1. The van der Waals surface area contributed by atoms with Crippen molar-refractivity contribution in [2.75, 3.05) is 0 Å². The molecule has 0 amide bonds. The maximum atomic E-state index is 13.4. The molecule has 7 atom stereocenters. The fraction of sp³-hybridized carbons (Fsp3) is 0.600. The normalized spacial score (nSPS) is 37.4. The van der Waals surface area contributed by atoms with Crippen LogP contribution in [0.5, 0.6) is 0 Å². The van der Waals surface area contributed by atoms with Crippen molar-refractivity contribution in [3.63, 3.8) is 0 Å². The van der Waals surface area contributed by atoms with Gasteiger partial charge in [-0.2, -0.15) is 0 Å². The number of hydrogen-bond donors (Lipinski definition) is 0. The van der Waals surface area contributed by atoms with Crippen LogP contribution in [0.3, 0.4) is 0 Å². The highest BCUT2D eigenvalue weighted by molar-refractivity contribution is 5.96. The molecule has 6 nitrogen and oxygen atoms in total. The van der Waals surface area contributed by atoms with Crippen molar-refractivity contribution in [3.8, 4) is 0 Å². The molecule has 4 aliphatic rings. The zero-order valence-electron chi connectivity index (χ0n) is 21.6. The highest BCUT2D eigenvalue weighted by Crippen LogP contribution is 2.66. The number of benzene rings is 1. The predicted molar refractivity (Wildman–Crippen MR) is 138 cm³/mol. The zero-order chi connectivity index (χ0) is 25.7. The molecule has 36 heavy (non-hydrogen) atoms. The van der Waals surface area contributed by atoms with Gasteiger partial charge >= 0.3 is 5.97 Å². The largest absolute Gasteiger partial charge is 0.462 e. The van der Waals surface area contributed by atoms with Crippen LogP contribution in [0.15, 0.2) is 42.0 Å². The molecule has 0 aromatic heterocycles. The number of esters is 1. The summed E-state index contributed by atoms with van der Waals surface area (Å²) < 4.78 is 5.56. The Morgan fingerprint density at radius 1 is 1.08 bits per heavy atom. The summed E-state index contributed by atoms with van der Waals surface area (Å²) in [6, 6.07) is 6.57. The number of allylic oxidation sites excluding steroid dienone is 2. The molecule has 0 heterocycles. The van der Waals surface area contributed by atoms with E-state index >= 15 is 0 Å². The van der Waals surface area contributed by atoms with Crippen LogP contribution < -0.4 is 0 Å². The fourth-order valence-electron chi connectivity index (χ4n) is 8.51. The first-order chi connectivity index (χ1) is 17.1. The fourth-order valence-corrected chi connectivity index (χ4v) is 8.51. The third-order valence-corrected chi connectivity index (χ3v) is 10.3. The number of nitro groups is 1. The van der Waals surface area contributed by atoms with Gasteiger partial charge in [0.05, 0.1) is 10.5 Å². The molecule has 0 bridgehead atoms. The monoisotopic (exact) mass is 491 g/mol. The summed E-state index contributed by atoms with van der Waals surface area (Å²) in [7, 11) is 0. The Balaban J connectivity index is 1.33. The van der Waals surface area contributed by atoms with Crippen LogP contribution in [0.4, 0.5) is 5.69 Å². The average Bonchev–Trinajstić information content (AvgIpc) is 3.20. The molecule has 0 saturated heterocycles. The maximum Gasteiger partial charge on any atom is 0.302 e. The van der Waals surface area contributed by atoms with Gasteiger partial charge in [-0.1, -0.05) is 37.6 Å². The molecule has 0 radical (unpaired) electrons. The summed E-state index contributed by atoms with van der Waals surface area (Å²) in [4.78, 5) is 35.9. The molecule has 0 N–H and O–H groups in total. The SMILES string of the molecule is CC(=O)O[C@H]1CC[C@@]2(C)C(=CCC3C4CCC(C(=O)/C=C/c5ccccc5[N+](=O)[O-])[C@@]4(C)CCC32)C1. The van der Waals surface area contributed by atoms with Crippen molar-refractivity contribution in [1.82, 2.24) is 0 Å². The Kier molecular flexibility index (Phi) is 6.42. The van der Waals surface area contributed by atoms with E-state index in [1.54, 1.807) is 30.4 Å². The summed E-state index contributed by atoms with van der Waals surface area (Å²) in [5.74, 6) is 1.61. The number of nitrogens with zero attached hydrogens (tertiary/aromatic N) is 1. The van der Waals surface area contributed by atoms with Gasteiger partial charge in [-0.25, -0.2) is 0 Å². The second-order valence-corrected chi connectivity index (χ2v) is 12.0. The molecule has 0 spiro atoms. The standard InChI is InChI=1S/C30H37NO5/c1-19(32)36-22-14-16-29(2)21(18-22)9-10-23-24-11-12-26(30(24,3)17-15-25(23)29)28(33)13-8-20-6-4-5-7-27(20)31(34)35/h4-9,13,22-26H,10-12,14-18H2,1-3H3/b13-8+/t22-,23?,24?,25?,26?,29-,30-/m0/s1. The lowest BCUT2D eigenvalue weighted by Gasteiger charge is -2.58. The van der Waals surface area contributed by atoms with Crippen molar-refractivity contribution < 1.29 is 19.2 Å². The van der Waals surface area contributed by atoms with Crippen molar-refractivity contribution in [3.05, 3.63) is 57.7 Å². The van der Waals surface area contributed by atoms with Crippen molar-refractivity contribution in [1.29, 1.82) is 0 Å². The van der Waals surface area contributed by atoms with E-state index < -0.39 is 4.92 Å². The van der Waals surface area contributed by atoms with Crippen LogP contribution in [0.25, 0.3) is 6.08 Å². The Hall–Kier alpha value is -2.76. The number of carbonyl (C=O) groups is 2. The molecular formula is C30H37NO5. The highest BCUT2D eigenvalue weighted by atomic mass is 16.6. The third kappa shape index (κ3) is 4.12. The minimum Gasteiger partial charge on any atom is -0.462 e. The average molecular weight is 492 g/mol. The number of rotatable bonds is 5. The summed E-state index contributed by atoms with van der Waals surface area (Å²) in [5, 5.41) is 11.3. The van der Waals surface area contributed by atoms with Gasteiger partial charge in [0.2, 0.25) is 0 Å². The number of ether oxygens (including phenoxy) is 1. The lowest BCUT2D eigenvalue weighted by atomic mass is 9.47. The van der Waals surface area contributed by atoms with Gasteiger partial charge in [-0.15, -0.1) is 0 Å². The highest BCUT2D eigenvalue weighted by Gasteiger charge is 2.59. The quantitative estimate of drug-likeness (QED) is 0.151. The first-order valence-electron chi connectivity index (χ1n) is 13.5. The number of nitro benzene ring substituents is 1. The van der Waals surface area contributed by atoms with Gasteiger partial charge in [-0.3, -0.25) is 19.7 Å². The molecule has 4 aliphatic carbocycles. The van der Waals surface area contributed by atoms with Crippen LogP contribution in [0.1, 0.15) is 77.7 Å². The second-order valence-electron chi connectivity index (χ2n) is 12.0. The first kappa shape index (κ1) is 24.9. The van der Waals surface area contributed by atoms with Crippen LogP contribution in [0, 0.1) is 44.6 Å². The van der Waals surface area contributed by atoms with E-state index in [-0.39, 0.29) is 40.3 Å². The van der Waals surface area contributed by atoms with E-state index in [0.717, 1.165) is 51.4 Å². The molecule has 1 aromatic rings. The summed E-state index contributed by atoms with van der Waals surface area (Å²) in [6.07, 6.45) is 13.7. The minimum absolute atomic E-state index is 0.00735. The number of fused-ring (bicyclic) bond motifs is 5. The van der Waals surface area contributed by atoms with Gasteiger partial charge < -0.3 is 4.74 Å². The Labute approximate surface area is 213 Å². The Morgan fingerprint density at radius 2 is 1.86 bits per heavy atom. The topological polar surface area (TPSA) is 86.5 Å². The van der Waals surface area contributed by atoms with Gasteiger partial charge in [0.15, 0.2) is 5.78 Å². The van der Waals surface area contributed by atoms with Gasteiger partial charge in [0, 0.05) is 25.3 Å². The molecule has 3 fully saturated rings. The van der Waals surface area contributed by atoms with Crippen LogP contribution in [-0.4, -0.2) is 22.8 Å². The smallest absolute Gasteiger partial charge is 0.302 e. The molecule has 1 aromatic carbocycles. The molecule has 3 saturated carbocycles. The van der Waals surface area contributed by atoms with E-state index in [9.17, 15) is 19.7 Å². The van der Waals surface area contributed by atoms with E-state index in [1.165, 1.54) is 18.6 Å². The molecule has 192 valence electrons. The predicted octanol–water partition coefficient (Wildman–Crippen LogP) is 6.69. The first-order valence-corrected chi connectivity index (χ1v) is 13.5. The summed E-state index contributed by atoms with van der Waals surface area (Å²) in [6.45, 7) is 6.24. The van der Waals surface area contributed by atoms with E-state index in [0.29, 0.717) is 23.3 Å². The van der Waals surface area contributed by atoms with Crippen molar-refractivity contribution in [2.45, 2.75) is 78.2 Å². The van der Waals surface area contributed by atoms with Crippen LogP contribution >= 0.6 is 0 Å². The summed E-state index contributed by atoms with van der Waals surface area (Å²) in [5.41, 5.74) is 2.11. The molecular weight excluding hydrogens is 454 g/mol. The van der Waals surface area contributed by atoms with E-state index in [2.05, 4.69) is 19.9 Å². The second kappa shape index (κ2) is 9.28. The Morgan fingerprint density at radius 3 is 2.61 bits per heavy atom. The number of para-hydroxylation sites is 1. The van der Waals surface area contributed by atoms with Crippen LogP contribution in [-0.2, 0) is 14.3 Å². The molecule has 4 unspecified atom stereocenters.